The Kier molecular flexibility index (Phi) is 4.58. The molecule has 1 N–H and O–H groups in total. The lowest BCUT2D eigenvalue weighted by Crippen LogP contribution is -2.53. The van der Waals surface area contributed by atoms with Crippen LogP contribution < -0.4 is 15.0 Å². The highest BCUT2D eigenvalue weighted by Crippen LogP contribution is 2.27. The van der Waals surface area contributed by atoms with E-state index in [0.29, 0.717) is 6.61 Å². The largest absolute Gasteiger partial charge is 0.489 e. The van der Waals surface area contributed by atoms with Crippen molar-refractivity contribution in [3.63, 3.8) is 0 Å². The number of rotatable bonds is 4. The van der Waals surface area contributed by atoms with Gasteiger partial charge in [0.1, 0.15) is 12.4 Å². The van der Waals surface area contributed by atoms with E-state index in [1.54, 1.807) is 0 Å². The highest BCUT2D eigenvalue weighted by molar-refractivity contribution is 7.80. The fourth-order valence-corrected chi connectivity index (χ4v) is 3.38. The summed E-state index contributed by atoms with van der Waals surface area (Å²) in [5.41, 5.74) is 3.20. The van der Waals surface area contributed by atoms with E-state index in [0.717, 1.165) is 27.8 Å². The average molecular weight is 338 g/mol. The zero-order valence-corrected chi connectivity index (χ0v) is 15.1. The summed E-state index contributed by atoms with van der Waals surface area (Å²) in [7, 11) is 0. The topological polar surface area (TPSA) is 24.5 Å². The van der Waals surface area contributed by atoms with Crippen molar-refractivity contribution in [3.8, 4) is 5.75 Å². The van der Waals surface area contributed by atoms with E-state index in [1.165, 1.54) is 0 Å². The van der Waals surface area contributed by atoms with E-state index in [4.69, 9.17) is 17.0 Å². The van der Waals surface area contributed by atoms with Crippen molar-refractivity contribution in [3.05, 3.63) is 71.9 Å². The molecule has 24 heavy (non-hydrogen) atoms. The Bertz CT molecular complexity index is 751. The second-order valence-electron chi connectivity index (χ2n) is 6.54. The molecule has 0 radical (unpaired) electrons. The minimum absolute atomic E-state index is 0.115. The van der Waals surface area contributed by atoms with Gasteiger partial charge in [-0.25, -0.2) is 0 Å². The van der Waals surface area contributed by atoms with Crippen LogP contribution in [0.4, 0.5) is 5.69 Å². The summed E-state index contributed by atoms with van der Waals surface area (Å²) < 4.78 is 5.84. The monoisotopic (exact) mass is 338 g/mol. The smallest absolute Gasteiger partial charge is 0.178 e. The van der Waals surface area contributed by atoms with E-state index < -0.39 is 0 Å². The molecule has 2 aromatic rings. The van der Waals surface area contributed by atoms with Gasteiger partial charge in [0.15, 0.2) is 5.11 Å². The first-order valence-electron chi connectivity index (χ1n) is 8.03. The van der Waals surface area contributed by atoms with Gasteiger partial charge in [-0.15, -0.1) is 0 Å². The minimum Gasteiger partial charge on any atom is -0.489 e. The molecular formula is C20H22N2OS. The van der Waals surface area contributed by atoms with Gasteiger partial charge in [-0.2, -0.15) is 0 Å². The third kappa shape index (κ3) is 3.77. The van der Waals surface area contributed by atoms with Crippen LogP contribution in [-0.4, -0.2) is 10.7 Å². The second-order valence-corrected chi connectivity index (χ2v) is 6.93. The Hall–Kier alpha value is -2.33. The van der Waals surface area contributed by atoms with Crippen molar-refractivity contribution >= 4 is 23.0 Å². The maximum Gasteiger partial charge on any atom is 0.178 e. The zero-order valence-electron chi connectivity index (χ0n) is 14.2. The second kappa shape index (κ2) is 6.65. The highest BCUT2D eigenvalue weighted by atomic mass is 32.1. The van der Waals surface area contributed by atoms with E-state index in [1.807, 2.05) is 47.4 Å². The summed E-state index contributed by atoms with van der Waals surface area (Å²) in [5, 5.41) is 4.07. The molecule has 4 heteroatoms. The van der Waals surface area contributed by atoms with Crippen LogP contribution in [0.3, 0.4) is 0 Å². The Morgan fingerprint density at radius 2 is 1.71 bits per heavy atom. The highest BCUT2D eigenvalue weighted by Gasteiger charge is 2.27. The van der Waals surface area contributed by atoms with E-state index in [9.17, 15) is 0 Å². The fourth-order valence-electron chi connectivity index (χ4n) is 2.87. The number of nitrogens with one attached hydrogen (secondary N) is 1. The first-order valence-corrected chi connectivity index (χ1v) is 8.44. The third-order valence-corrected chi connectivity index (χ3v) is 4.18. The van der Waals surface area contributed by atoms with E-state index in [2.05, 4.69) is 44.3 Å². The Balaban J connectivity index is 1.72. The van der Waals surface area contributed by atoms with Crippen molar-refractivity contribution in [2.75, 3.05) is 4.90 Å². The van der Waals surface area contributed by atoms with Gasteiger partial charge in [0.2, 0.25) is 0 Å². The first kappa shape index (κ1) is 16.5. The molecule has 0 aromatic heterocycles. The predicted molar refractivity (Wildman–Crippen MR) is 103 cm³/mol. The lowest BCUT2D eigenvalue weighted by molar-refractivity contribution is 0.306. The maximum absolute atomic E-state index is 5.84. The molecule has 3 rings (SSSR count). The maximum atomic E-state index is 5.84. The molecule has 124 valence electrons. The Labute approximate surface area is 148 Å². The van der Waals surface area contributed by atoms with Crippen molar-refractivity contribution < 1.29 is 4.74 Å². The van der Waals surface area contributed by atoms with Crippen LogP contribution in [0.2, 0.25) is 0 Å². The SMILES string of the molecule is CC1=CC(C)(C)NC(=S)N1c1ccc(OCc2ccccc2)cc1. The van der Waals surface area contributed by atoms with Gasteiger partial charge >= 0.3 is 0 Å². The fraction of sp³-hybridized carbons (Fsp3) is 0.250. The molecule has 1 heterocycles. The van der Waals surface area contributed by atoms with Crippen molar-refractivity contribution in [2.45, 2.75) is 32.9 Å². The molecule has 0 spiro atoms. The summed E-state index contributed by atoms with van der Waals surface area (Å²) in [4.78, 5) is 2.04. The van der Waals surface area contributed by atoms with Crippen LogP contribution in [0.1, 0.15) is 26.3 Å². The van der Waals surface area contributed by atoms with Crippen LogP contribution in [-0.2, 0) is 6.61 Å². The van der Waals surface area contributed by atoms with Crippen LogP contribution in [0.25, 0.3) is 0 Å². The Morgan fingerprint density at radius 3 is 2.33 bits per heavy atom. The Morgan fingerprint density at radius 1 is 1.04 bits per heavy atom. The molecule has 2 aromatic carbocycles. The van der Waals surface area contributed by atoms with Crippen molar-refractivity contribution in [2.24, 2.45) is 0 Å². The normalized spacial score (nSPS) is 16.4. The number of hydrogen-bond acceptors (Lipinski definition) is 2. The average Bonchev–Trinajstić information content (AvgIpc) is 2.53. The van der Waals surface area contributed by atoms with Gasteiger partial charge in [0.25, 0.3) is 0 Å². The van der Waals surface area contributed by atoms with Crippen molar-refractivity contribution in [1.29, 1.82) is 0 Å². The van der Waals surface area contributed by atoms with Crippen LogP contribution in [0, 0.1) is 0 Å². The minimum atomic E-state index is -0.115. The van der Waals surface area contributed by atoms with Crippen LogP contribution in [0.5, 0.6) is 5.75 Å². The van der Waals surface area contributed by atoms with Crippen molar-refractivity contribution in [1.82, 2.24) is 5.32 Å². The predicted octanol–water partition coefficient (Wildman–Crippen LogP) is 4.64. The standard InChI is InChI=1S/C20H22N2OS/c1-15-13-20(2,3)21-19(24)22(15)17-9-11-18(12-10-17)23-14-16-7-5-4-6-8-16/h4-13H,14H2,1-3H3,(H,21,24). The molecule has 0 fully saturated rings. The first-order chi connectivity index (χ1) is 11.4. The number of allylic oxidation sites excluding steroid dienone is 1. The number of anilines is 1. The van der Waals surface area contributed by atoms with E-state index in [-0.39, 0.29) is 5.54 Å². The summed E-state index contributed by atoms with van der Waals surface area (Å²) in [6, 6.07) is 18.2. The van der Waals surface area contributed by atoms with Gasteiger partial charge in [-0.3, -0.25) is 4.90 Å². The summed E-state index contributed by atoms with van der Waals surface area (Å²) in [6.45, 7) is 6.87. The lowest BCUT2D eigenvalue weighted by atomic mass is 10.0. The number of thiocarbonyl (C=S) groups is 1. The van der Waals surface area contributed by atoms with Gasteiger partial charge in [0.05, 0.1) is 5.54 Å². The molecule has 0 bridgehead atoms. The molecule has 0 unspecified atom stereocenters. The van der Waals surface area contributed by atoms with Gasteiger partial charge in [-0.1, -0.05) is 30.3 Å². The van der Waals surface area contributed by atoms with Gasteiger partial charge in [-0.05, 0) is 68.9 Å². The molecule has 1 aliphatic heterocycles. The van der Waals surface area contributed by atoms with Gasteiger partial charge < -0.3 is 10.1 Å². The molecule has 3 nitrogen and oxygen atoms in total. The quantitative estimate of drug-likeness (QED) is 0.821. The van der Waals surface area contributed by atoms with E-state index >= 15 is 0 Å². The van der Waals surface area contributed by atoms with Gasteiger partial charge in [0, 0.05) is 11.4 Å². The zero-order chi connectivity index (χ0) is 17.2. The molecule has 1 aliphatic rings. The third-order valence-electron chi connectivity index (χ3n) is 3.90. The molecule has 0 saturated carbocycles. The number of ether oxygens (including phenoxy) is 1. The molecule has 0 atom stereocenters. The molecule has 0 saturated heterocycles. The molecule has 0 aliphatic carbocycles. The lowest BCUT2D eigenvalue weighted by Gasteiger charge is -2.38. The summed E-state index contributed by atoms with van der Waals surface area (Å²) in [6.07, 6.45) is 2.18. The molecule has 0 amide bonds. The van der Waals surface area contributed by atoms with Crippen LogP contribution >= 0.6 is 12.2 Å². The molecular weight excluding hydrogens is 316 g/mol. The summed E-state index contributed by atoms with van der Waals surface area (Å²) in [5.74, 6) is 0.848. The number of benzene rings is 2. The number of hydrogen-bond donors (Lipinski definition) is 1. The summed E-state index contributed by atoms with van der Waals surface area (Å²) >= 11 is 5.53. The number of nitrogens with zero attached hydrogens (tertiary/aromatic N) is 1. The van der Waals surface area contributed by atoms with Crippen LogP contribution in [0.15, 0.2) is 66.4 Å².